The van der Waals surface area contributed by atoms with Gasteiger partial charge in [0.1, 0.15) is 5.69 Å². The van der Waals surface area contributed by atoms with Crippen molar-refractivity contribution in [2.45, 2.75) is 24.5 Å². The summed E-state index contributed by atoms with van der Waals surface area (Å²) in [6.45, 7) is 2.27. The number of nitrogens with one attached hydrogen (secondary N) is 1. The summed E-state index contributed by atoms with van der Waals surface area (Å²) in [7, 11) is 1.61. The largest absolute Gasteiger partial charge is 0.494 e. The van der Waals surface area contributed by atoms with Gasteiger partial charge < -0.3 is 19.7 Å². The van der Waals surface area contributed by atoms with Gasteiger partial charge in [-0.1, -0.05) is 0 Å². The summed E-state index contributed by atoms with van der Waals surface area (Å²) in [5.41, 5.74) is 2.02. The number of anilines is 1. The third-order valence-corrected chi connectivity index (χ3v) is 6.67. The normalized spacial score (nSPS) is 31.1. The Balaban J connectivity index is 1.29. The molecule has 3 fully saturated rings. The number of hydrogen-bond donors (Lipinski definition) is 1. The van der Waals surface area contributed by atoms with E-state index in [0.29, 0.717) is 35.8 Å². The van der Waals surface area contributed by atoms with E-state index in [9.17, 15) is 4.79 Å². The summed E-state index contributed by atoms with van der Waals surface area (Å²) in [5.74, 6) is 1.93. The van der Waals surface area contributed by atoms with E-state index in [1.54, 1.807) is 30.4 Å². The highest BCUT2D eigenvalue weighted by Gasteiger charge is 2.63. The predicted octanol–water partition coefficient (Wildman–Crippen LogP) is 1.36. The fourth-order valence-electron chi connectivity index (χ4n) is 4.82. The van der Waals surface area contributed by atoms with Crippen molar-refractivity contribution in [3.63, 3.8) is 0 Å². The van der Waals surface area contributed by atoms with Crippen molar-refractivity contribution in [3.05, 3.63) is 29.0 Å². The van der Waals surface area contributed by atoms with Gasteiger partial charge in [-0.2, -0.15) is 0 Å². The molecule has 5 rings (SSSR count). The smallest absolute Gasteiger partial charge is 0.270 e. The summed E-state index contributed by atoms with van der Waals surface area (Å²) in [5, 5.41) is 4.82. The third-order valence-electron chi connectivity index (χ3n) is 6.08. The molecule has 3 saturated heterocycles. The van der Waals surface area contributed by atoms with Gasteiger partial charge in [-0.05, 0) is 12.8 Å². The number of carbonyl (C=O) groups is 1. The van der Waals surface area contributed by atoms with Gasteiger partial charge in [0.25, 0.3) is 5.91 Å². The number of methoxy groups -OCH3 is 1. The number of nitrogens with zero attached hydrogens (tertiary/aromatic N) is 4. The van der Waals surface area contributed by atoms with Crippen LogP contribution in [0.3, 0.4) is 0 Å². The molecule has 1 amide bonds. The third kappa shape index (κ3) is 2.76. The summed E-state index contributed by atoms with van der Waals surface area (Å²) < 4.78 is 11.6. The van der Waals surface area contributed by atoms with Crippen molar-refractivity contribution in [1.29, 1.82) is 0 Å². The molecule has 0 unspecified atom stereocenters. The number of rotatable bonds is 5. The average molecular weight is 387 g/mol. The number of carbonyl (C=O) groups excluding carboxylic acids is 1. The quantitative estimate of drug-likeness (QED) is 0.828. The molecule has 1 N–H and O–H groups in total. The van der Waals surface area contributed by atoms with Gasteiger partial charge in [0.15, 0.2) is 5.75 Å². The molecule has 3 aliphatic heterocycles. The Morgan fingerprint density at radius 2 is 2.30 bits per heavy atom. The van der Waals surface area contributed by atoms with E-state index >= 15 is 0 Å². The van der Waals surface area contributed by atoms with Crippen LogP contribution in [0.4, 0.5) is 5.95 Å². The van der Waals surface area contributed by atoms with E-state index in [1.165, 1.54) is 11.3 Å². The maximum Gasteiger partial charge on any atom is 0.270 e. The molecule has 4 atom stereocenters. The van der Waals surface area contributed by atoms with Crippen LogP contribution in [0.15, 0.2) is 23.3 Å². The molecule has 9 heteroatoms. The second kappa shape index (κ2) is 6.42. The minimum atomic E-state index is -0.135. The van der Waals surface area contributed by atoms with Crippen LogP contribution in [-0.4, -0.2) is 59.3 Å². The Bertz CT molecular complexity index is 830. The van der Waals surface area contributed by atoms with E-state index in [0.717, 1.165) is 25.9 Å². The van der Waals surface area contributed by atoms with Crippen LogP contribution in [-0.2, 0) is 4.74 Å². The van der Waals surface area contributed by atoms with Crippen LogP contribution in [0.25, 0.3) is 0 Å². The van der Waals surface area contributed by atoms with Gasteiger partial charge in [0.05, 0.1) is 43.3 Å². The monoisotopic (exact) mass is 387 g/mol. The summed E-state index contributed by atoms with van der Waals surface area (Å²) in [6, 6.07) is 0. The molecule has 0 radical (unpaired) electrons. The number of hydrogen-bond acceptors (Lipinski definition) is 8. The second-order valence-electron chi connectivity index (χ2n) is 7.42. The molecule has 0 saturated carbocycles. The van der Waals surface area contributed by atoms with Gasteiger partial charge in [-0.3, -0.25) is 4.79 Å². The first-order valence-corrected chi connectivity index (χ1v) is 10.1. The number of fused-ring (bicyclic) bond motifs is 1. The zero-order chi connectivity index (χ0) is 18.4. The van der Waals surface area contributed by atoms with Crippen molar-refractivity contribution in [2.75, 3.05) is 31.6 Å². The predicted molar refractivity (Wildman–Crippen MR) is 99.1 cm³/mol. The Hall–Kier alpha value is -2.26. The van der Waals surface area contributed by atoms with E-state index in [2.05, 4.69) is 25.2 Å². The fraction of sp³-hybridized carbons (Fsp3) is 0.556. The van der Waals surface area contributed by atoms with E-state index < -0.39 is 0 Å². The molecular formula is C18H21N5O3S. The maximum absolute atomic E-state index is 12.3. The molecule has 8 nitrogen and oxygen atoms in total. The van der Waals surface area contributed by atoms with Gasteiger partial charge >= 0.3 is 0 Å². The summed E-state index contributed by atoms with van der Waals surface area (Å²) in [4.78, 5) is 27.4. The summed E-state index contributed by atoms with van der Waals surface area (Å²) in [6.07, 6.45) is 5.72. The highest BCUT2D eigenvalue weighted by Crippen LogP contribution is 2.54. The van der Waals surface area contributed by atoms with Crippen LogP contribution in [0.2, 0.25) is 0 Å². The standard InChI is InChI=1S/C18H21N5O3S/c1-25-11-4-20-17(21-5-11)23-7-13-12(15-2-3-18(13,9-23)26-15)6-19-16(24)14-8-27-10-22-14/h4-5,8,10,12-13,15H,2-3,6-7,9H2,1H3,(H,19,24)/t12-,13+,15+,18+/m0/s1. The molecule has 0 aromatic carbocycles. The van der Waals surface area contributed by atoms with Crippen LogP contribution < -0.4 is 15.0 Å². The zero-order valence-corrected chi connectivity index (χ0v) is 15.8. The fourth-order valence-corrected chi connectivity index (χ4v) is 5.35. The minimum Gasteiger partial charge on any atom is -0.494 e. The Labute approximate surface area is 160 Å². The molecule has 2 aromatic heterocycles. The highest BCUT2D eigenvalue weighted by atomic mass is 32.1. The molecule has 27 heavy (non-hydrogen) atoms. The van der Waals surface area contributed by atoms with Gasteiger partial charge in [0.2, 0.25) is 5.95 Å². The molecule has 5 heterocycles. The van der Waals surface area contributed by atoms with Crippen molar-refractivity contribution in [1.82, 2.24) is 20.3 Å². The number of thiazole rings is 1. The van der Waals surface area contributed by atoms with Gasteiger partial charge in [0, 0.05) is 30.3 Å². The first kappa shape index (κ1) is 16.9. The van der Waals surface area contributed by atoms with Crippen LogP contribution in [0, 0.1) is 11.8 Å². The molecule has 1 spiro atoms. The number of aromatic nitrogens is 3. The lowest BCUT2D eigenvalue weighted by molar-refractivity contribution is 0.0141. The van der Waals surface area contributed by atoms with Crippen molar-refractivity contribution >= 4 is 23.2 Å². The number of amides is 1. The second-order valence-corrected chi connectivity index (χ2v) is 8.14. The van der Waals surface area contributed by atoms with Gasteiger partial charge in [-0.25, -0.2) is 15.0 Å². The van der Waals surface area contributed by atoms with E-state index in [1.807, 2.05) is 0 Å². The van der Waals surface area contributed by atoms with E-state index in [4.69, 9.17) is 9.47 Å². The molecular weight excluding hydrogens is 366 g/mol. The summed E-state index contributed by atoms with van der Waals surface area (Å²) >= 11 is 1.43. The maximum atomic E-state index is 12.3. The minimum absolute atomic E-state index is 0.110. The molecule has 2 bridgehead atoms. The molecule has 2 aromatic rings. The Kier molecular flexibility index (Phi) is 4.01. The SMILES string of the molecule is COc1cnc(N2C[C@@H]3[C@H](CNC(=O)c4cscn4)[C@H]4CC[C@]3(C2)O4)nc1. The molecule has 142 valence electrons. The zero-order valence-electron chi connectivity index (χ0n) is 15.0. The Morgan fingerprint density at radius 1 is 1.44 bits per heavy atom. The Morgan fingerprint density at radius 3 is 3.04 bits per heavy atom. The average Bonchev–Trinajstić information content (AvgIpc) is 3.46. The van der Waals surface area contributed by atoms with Crippen LogP contribution in [0.5, 0.6) is 5.75 Å². The molecule has 0 aliphatic carbocycles. The number of ether oxygens (including phenoxy) is 2. The first-order chi connectivity index (χ1) is 13.2. The lowest BCUT2D eigenvalue weighted by atomic mass is 9.73. The lowest BCUT2D eigenvalue weighted by Crippen LogP contribution is -2.42. The molecule has 3 aliphatic rings. The van der Waals surface area contributed by atoms with Gasteiger partial charge in [-0.15, -0.1) is 11.3 Å². The van der Waals surface area contributed by atoms with Crippen LogP contribution >= 0.6 is 11.3 Å². The van der Waals surface area contributed by atoms with E-state index in [-0.39, 0.29) is 17.6 Å². The highest BCUT2D eigenvalue weighted by molar-refractivity contribution is 7.07. The van der Waals surface area contributed by atoms with Crippen molar-refractivity contribution < 1.29 is 14.3 Å². The van der Waals surface area contributed by atoms with Crippen molar-refractivity contribution in [2.24, 2.45) is 11.8 Å². The topological polar surface area (TPSA) is 89.5 Å². The van der Waals surface area contributed by atoms with Crippen molar-refractivity contribution in [3.8, 4) is 5.75 Å². The first-order valence-electron chi connectivity index (χ1n) is 9.14. The lowest BCUT2D eigenvalue weighted by Gasteiger charge is -2.29. The van der Waals surface area contributed by atoms with Crippen LogP contribution in [0.1, 0.15) is 23.3 Å².